The highest BCUT2D eigenvalue weighted by atomic mass is 35.5. The minimum atomic E-state index is -0.00501. The van der Waals surface area contributed by atoms with Crippen LogP contribution in [0.5, 0.6) is 0 Å². The maximum Gasteiger partial charge on any atom is 0.259 e. The molecule has 0 saturated carbocycles. The van der Waals surface area contributed by atoms with Crippen molar-refractivity contribution in [2.75, 3.05) is 11.4 Å². The molecule has 2 heterocycles. The van der Waals surface area contributed by atoms with E-state index in [9.17, 15) is 4.79 Å². The molecule has 0 atom stereocenters. The summed E-state index contributed by atoms with van der Waals surface area (Å²) in [6.45, 7) is 2.64. The molecule has 0 N–H and O–H groups in total. The topological polar surface area (TPSA) is 33.2 Å². The first kappa shape index (κ1) is 20.0. The molecule has 31 heavy (non-hydrogen) atoms. The van der Waals surface area contributed by atoms with Crippen LogP contribution in [0.4, 0.5) is 5.69 Å². The molecule has 3 aromatic carbocycles. The molecule has 1 aromatic heterocycles. The Hall–Kier alpha value is -2.88. The number of hydrogen-bond donors (Lipinski definition) is 0. The van der Waals surface area contributed by atoms with Crippen LogP contribution >= 0.6 is 23.2 Å². The van der Waals surface area contributed by atoms with E-state index >= 15 is 0 Å². The van der Waals surface area contributed by atoms with Crippen molar-refractivity contribution < 1.29 is 4.79 Å². The first-order valence-corrected chi connectivity index (χ1v) is 11.0. The van der Waals surface area contributed by atoms with E-state index in [0.29, 0.717) is 27.8 Å². The molecule has 0 bridgehead atoms. The van der Waals surface area contributed by atoms with Crippen molar-refractivity contribution in [1.29, 1.82) is 0 Å². The lowest BCUT2D eigenvalue weighted by Gasteiger charge is -2.30. The highest BCUT2D eigenvalue weighted by Gasteiger charge is 2.27. The predicted molar refractivity (Wildman–Crippen MR) is 128 cm³/mol. The average Bonchev–Trinajstić information content (AvgIpc) is 2.78. The third-order valence-corrected chi connectivity index (χ3v) is 6.44. The van der Waals surface area contributed by atoms with Crippen molar-refractivity contribution in [2.45, 2.75) is 19.8 Å². The maximum atomic E-state index is 14.0. The van der Waals surface area contributed by atoms with E-state index in [-0.39, 0.29) is 5.91 Å². The number of carbonyl (C=O) groups excluding carboxylic acids is 1. The van der Waals surface area contributed by atoms with E-state index in [4.69, 9.17) is 28.2 Å². The number of carbonyl (C=O) groups is 1. The monoisotopic (exact) mass is 446 g/mol. The molecule has 0 unspecified atom stereocenters. The molecule has 0 aliphatic carbocycles. The number of hydrogen-bond acceptors (Lipinski definition) is 2. The molecule has 5 heteroatoms. The number of rotatable bonds is 2. The van der Waals surface area contributed by atoms with Gasteiger partial charge in [-0.25, -0.2) is 4.98 Å². The van der Waals surface area contributed by atoms with E-state index in [1.807, 2.05) is 60.4 Å². The molecular weight excluding hydrogens is 427 g/mol. The largest absolute Gasteiger partial charge is 0.308 e. The summed E-state index contributed by atoms with van der Waals surface area (Å²) in [4.78, 5) is 20.7. The van der Waals surface area contributed by atoms with Crippen LogP contribution < -0.4 is 4.90 Å². The summed E-state index contributed by atoms with van der Waals surface area (Å²) in [5.74, 6) is -0.00501. The van der Waals surface area contributed by atoms with Gasteiger partial charge in [0, 0.05) is 28.2 Å². The number of nitrogens with zero attached hydrogens (tertiary/aromatic N) is 2. The van der Waals surface area contributed by atoms with E-state index in [1.54, 1.807) is 12.1 Å². The van der Waals surface area contributed by atoms with E-state index in [1.165, 1.54) is 5.56 Å². The number of aromatic nitrogens is 1. The molecule has 0 saturated heterocycles. The van der Waals surface area contributed by atoms with Gasteiger partial charge in [-0.1, -0.05) is 59.6 Å². The number of halogens is 2. The smallest absolute Gasteiger partial charge is 0.259 e. The number of pyridine rings is 1. The SMILES string of the molecule is Cc1c(-c2ccc(Cl)cc2Cl)nc2ccccc2c1C(=O)N1CCCc2ccccc21. The van der Waals surface area contributed by atoms with Gasteiger partial charge in [0.2, 0.25) is 0 Å². The number of amides is 1. The van der Waals surface area contributed by atoms with Crippen LogP contribution in [-0.4, -0.2) is 17.4 Å². The Morgan fingerprint density at radius 2 is 1.77 bits per heavy atom. The van der Waals surface area contributed by atoms with Gasteiger partial charge in [0.25, 0.3) is 5.91 Å². The van der Waals surface area contributed by atoms with Gasteiger partial charge in [0.1, 0.15) is 0 Å². The van der Waals surface area contributed by atoms with Crippen LogP contribution in [0.3, 0.4) is 0 Å². The van der Waals surface area contributed by atoms with Crippen molar-refractivity contribution >= 4 is 45.7 Å². The second-order valence-corrected chi connectivity index (χ2v) is 8.63. The summed E-state index contributed by atoms with van der Waals surface area (Å²) < 4.78 is 0. The molecule has 1 aliphatic rings. The van der Waals surface area contributed by atoms with E-state index in [0.717, 1.165) is 40.6 Å². The van der Waals surface area contributed by atoms with E-state index < -0.39 is 0 Å². The minimum Gasteiger partial charge on any atom is -0.308 e. The van der Waals surface area contributed by atoms with Gasteiger partial charge in [-0.3, -0.25) is 4.79 Å². The molecule has 3 nitrogen and oxygen atoms in total. The summed E-state index contributed by atoms with van der Waals surface area (Å²) in [7, 11) is 0. The zero-order valence-corrected chi connectivity index (χ0v) is 18.5. The van der Waals surface area contributed by atoms with Gasteiger partial charge in [0.05, 0.1) is 21.8 Å². The zero-order valence-electron chi connectivity index (χ0n) is 17.0. The molecule has 4 aromatic rings. The highest BCUT2D eigenvalue weighted by molar-refractivity contribution is 6.36. The lowest BCUT2D eigenvalue weighted by atomic mass is 9.95. The molecule has 1 amide bonds. The van der Waals surface area contributed by atoms with Crippen molar-refractivity contribution in [3.05, 3.63) is 93.5 Å². The van der Waals surface area contributed by atoms with Gasteiger partial charge in [0.15, 0.2) is 0 Å². The Morgan fingerprint density at radius 1 is 1.00 bits per heavy atom. The summed E-state index contributed by atoms with van der Waals surface area (Å²) in [6, 6.07) is 21.3. The summed E-state index contributed by atoms with van der Waals surface area (Å²) in [6.07, 6.45) is 1.93. The van der Waals surface area contributed by atoms with E-state index in [2.05, 4.69) is 6.07 Å². The second-order valence-electron chi connectivity index (χ2n) is 7.79. The lowest BCUT2D eigenvalue weighted by molar-refractivity contribution is 0.0986. The number of aryl methyl sites for hydroxylation is 1. The fourth-order valence-corrected chi connectivity index (χ4v) is 4.90. The molecule has 5 rings (SSSR count). The molecule has 1 aliphatic heterocycles. The van der Waals surface area contributed by atoms with Crippen LogP contribution in [-0.2, 0) is 6.42 Å². The van der Waals surface area contributed by atoms with Crippen molar-refractivity contribution in [1.82, 2.24) is 4.98 Å². The zero-order chi connectivity index (χ0) is 21.5. The number of anilines is 1. The predicted octanol–water partition coefficient (Wildman–Crippen LogP) is 7.11. The van der Waals surface area contributed by atoms with Crippen LogP contribution in [0.1, 0.15) is 27.9 Å². The first-order chi connectivity index (χ1) is 15.0. The fraction of sp³-hybridized carbons (Fsp3) is 0.154. The minimum absolute atomic E-state index is 0.00501. The third-order valence-electron chi connectivity index (χ3n) is 5.89. The Bertz CT molecular complexity index is 1330. The highest BCUT2D eigenvalue weighted by Crippen LogP contribution is 2.37. The number of benzene rings is 3. The molecule has 154 valence electrons. The van der Waals surface area contributed by atoms with Crippen molar-refractivity contribution in [3.8, 4) is 11.3 Å². The lowest BCUT2D eigenvalue weighted by Crippen LogP contribution is -2.36. The van der Waals surface area contributed by atoms with Crippen molar-refractivity contribution in [2.24, 2.45) is 0 Å². The third kappa shape index (κ3) is 3.48. The Kier molecular flexibility index (Phi) is 5.17. The van der Waals surface area contributed by atoms with Crippen molar-refractivity contribution in [3.63, 3.8) is 0 Å². The number of fused-ring (bicyclic) bond motifs is 2. The molecule has 0 fully saturated rings. The fourth-order valence-electron chi connectivity index (χ4n) is 4.41. The van der Waals surface area contributed by atoms with Gasteiger partial charge in [-0.2, -0.15) is 0 Å². The van der Waals surface area contributed by atoms with Crippen LogP contribution in [0, 0.1) is 6.92 Å². The Balaban J connectivity index is 1.74. The van der Waals surface area contributed by atoms with Gasteiger partial charge in [-0.15, -0.1) is 0 Å². The summed E-state index contributed by atoms with van der Waals surface area (Å²) >= 11 is 12.6. The second kappa shape index (κ2) is 7.99. The number of para-hydroxylation sites is 2. The van der Waals surface area contributed by atoms with Crippen LogP contribution in [0.2, 0.25) is 10.0 Å². The standard InChI is InChI=1S/C26H20Cl2N2O/c1-16-24(26(31)30-14-6-8-17-7-2-5-11-23(17)30)20-9-3-4-10-22(20)29-25(16)19-13-12-18(27)15-21(19)28/h2-5,7,9-13,15H,6,8,14H2,1H3. The van der Waals surface area contributed by atoms with Crippen LogP contribution in [0.25, 0.3) is 22.2 Å². The molecule has 0 radical (unpaired) electrons. The Labute approximate surface area is 191 Å². The van der Waals surface area contributed by atoms with Gasteiger partial charge >= 0.3 is 0 Å². The van der Waals surface area contributed by atoms with Crippen LogP contribution in [0.15, 0.2) is 66.7 Å². The average molecular weight is 447 g/mol. The van der Waals surface area contributed by atoms with Gasteiger partial charge < -0.3 is 4.90 Å². The van der Waals surface area contributed by atoms with Gasteiger partial charge in [-0.05, 0) is 61.2 Å². The molecule has 0 spiro atoms. The quantitative estimate of drug-likeness (QED) is 0.328. The maximum absolute atomic E-state index is 14.0. The first-order valence-electron chi connectivity index (χ1n) is 10.3. The summed E-state index contributed by atoms with van der Waals surface area (Å²) in [5.41, 5.74) is 5.92. The normalized spacial score (nSPS) is 13.3. The summed E-state index contributed by atoms with van der Waals surface area (Å²) in [5, 5.41) is 1.93. The molecular formula is C26H20Cl2N2O. The Morgan fingerprint density at radius 3 is 2.61 bits per heavy atom.